The van der Waals surface area contributed by atoms with E-state index < -0.39 is 0 Å². The molecule has 0 spiro atoms. The largest absolute Gasteiger partial charge is 0.324 e. The van der Waals surface area contributed by atoms with E-state index in [2.05, 4.69) is 51.7 Å². The highest BCUT2D eigenvalue weighted by molar-refractivity contribution is 5.92. The molecule has 2 aliphatic carbocycles. The maximum absolute atomic E-state index is 12.6. The number of aryl methyl sites for hydroxylation is 4. The number of nitrogens with one attached hydrogen (secondary N) is 1. The van der Waals surface area contributed by atoms with Crippen molar-refractivity contribution in [1.82, 2.24) is 15.0 Å². The number of benzene rings is 1. The average molecular weight is 495 g/mol. The monoisotopic (exact) mass is 494 g/mol. The van der Waals surface area contributed by atoms with Crippen molar-refractivity contribution in [3.8, 4) is 0 Å². The lowest BCUT2D eigenvalue weighted by atomic mass is 9.80. The van der Waals surface area contributed by atoms with Crippen molar-refractivity contribution >= 4 is 17.7 Å². The van der Waals surface area contributed by atoms with Gasteiger partial charge in [0.15, 0.2) is 0 Å². The molecule has 2 aliphatic rings. The summed E-state index contributed by atoms with van der Waals surface area (Å²) < 4.78 is 0. The molecule has 192 valence electrons. The van der Waals surface area contributed by atoms with E-state index in [-0.39, 0.29) is 5.91 Å². The predicted molar refractivity (Wildman–Crippen MR) is 150 cm³/mol. The Hall–Kier alpha value is -3.34. The van der Waals surface area contributed by atoms with Gasteiger partial charge in [0.25, 0.3) is 0 Å². The molecule has 2 aromatic heterocycles. The first kappa shape index (κ1) is 25.3. The van der Waals surface area contributed by atoms with Crippen LogP contribution >= 0.6 is 0 Å². The van der Waals surface area contributed by atoms with Crippen LogP contribution in [0, 0.1) is 13.8 Å². The third-order valence-electron chi connectivity index (χ3n) is 8.10. The number of pyridine rings is 1. The molecule has 1 fully saturated rings. The third-order valence-corrected chi connectivity index (χ3v) is 8.10. The summed E-state index contributed by atoms with van der Waals surface area (Å²) in [5, 5.41) is 3.06. The first-order valence-corrected chi connectivity index (χ1v) is 13.9. The number of carbonyl (C=O) groups excluding carboxylic acids is 1. The number of allylic oxidation sites excluding steroid dienone is 1. The van der Waals surface area contributed by atoms with Crippen LogP contribution in [0.4, 0.5) is 5.69 Å². The number of carbonyl (C=O) groups is 1. The molecule has 5 nitrogen and oxygen atoms in total. The number of aromatic nitrogens is 3. The highest BCUT2D eigenvalue weighted by Gasteiger charge is 2.23. The molecule has 0 saturated heterocycles. The van der Waals surface area contributed by atoms with E-state index in [9.17, 15) is 4.79 Å². The minimum absolute atomic E-state index is 0.0448. The number of anilines is 1. The zero-order valence-corrected chi connectivity index (χ0v) is 22.2. The van der Waals surface area contributed by atoms with E-state index in [1.54, 1.807) is 12.5 Å². The Balaban J connectivity index is 1.17. The number of hydrogen-bond acceptors (Lipinski definition) is 4. The molecule has 0 bridgehead atoms. The predicted octanol–water partition coefficient (Wildman–Crippen LogP) is 7.24. The van der Waals surface area contributed by atoms with Gasteiger partial charge in [-0.15, -0.1) is 0 Å². The van der Waals surface area contributed by atoms with Crippen LogP contribution in [0.1, 0.15) is 103 Å². The number of amides is 1. The number of nitrogens with zero attached hydrogens (tertiary/aromatic N) is 3. The fourth-order valence-corrected chi connectivity index (χ4v) is 6.04. The molecule has 5 rings (SSSR count). The lowest BCUT2D eigenvalue weighted by Gasteiger charge is -2.26. The first-order chi connectivity index (χ1) is 18.1. The summed E-state index contributed by atoms with van der Waals surface area (Å²) in [7, 11) is 0. The van der Waals surface area contributed by atoms with Gasteiger partial charge in [-0.1, -0.05) is 49.3 Å². The van der Waals surface area contributed by atoms with Crippen LogP contribution in [0.15, 0.2) is 48.9 Å². The highest BCUT2D eigenvalue weighted by atomic mass is 16.1. The molecule has 0 aliphatic heterocycles. The molecule has 37 heavy (non-hydrogen) atoms. The first-order valence-electron chi connectivity index (χ1n) is 13.9. The Morgan fingerprint density at radius 2 is 1.81 bits per heavy atom. The Kier molecular flexibility index (Phi) is 8.08. The highest BCUT2D eigenvalue weighted by Crippen LogP contribution is 2.38. The summed E-state index contributed by atoms with van der Waals surface area (Å²) in [5.41, 5.74) is 9.21. The van der Waals surface area contributed by atoms with Crippen molar-refractivity contribution in [1.29, 1.82) is 0 Å². The van der Waals surface area contributed by atoms with E-state index in [1.807, 2.05) is 19.9 Å². The van der Waals surface area contributed by atoms with Crippen LogP contribution in [-0.4, -0.2) is 20.9 Å². The zero-order chi connectivity index (χ0) is 25.6. The maximum atomic E-state index is 12.6. The molecule has 1 N–H and O–H groups in total. The Morgan fingerprint density at radius 1 is 1.00 bits per heavy atom. The molecule has 0 unspecified atom stereocenters. The van der Waals surface area contributed by atoms with E-state index in [1.165, 1.54) is 66.6 Å². The number of hydrogen-bond donors (Lipinski definition) is 1. The molecule has 0 radical (unpaired) electrons. The molecule has 3 aromatic rings. The van der Waals surface area contributed by atoms with Gasteiger partial charge < -0.3 is 5.32 Å². The van der Waals surface area contributed by atoms with E-state index in [0.29, 0.717) is 18.3 Å². The summed E-state index contributed by atoms with van der Waals surface area (Å²) in [6.45, 7) is 3.94. The van der Waals surface area contributed by atoms with E-state index in [4.69, 9.17) is 4.98 Å². The van der Waals surface area contributed by atoms with Gasteiger partial charge in [-0.25, -0.2) is 9.97 Å². The quantitative estimate of drug-likeness (QED) is 0.392. The molecule has 1 aromatic carbocycles. The van der Waals surface area contributed by atoms with Gasteiger partial charge in [0.1, 0.15) is 6.33 Å². The van der Waals surface area contributed by atoms with Crippen LogP contribution in [0.2, 0.25) is 0 Å². The van der Waals surface area contributed by atoms with Crippen molar-refractivity contribution < 1.29 is 4.79 Å². The Bertz CT molecular complexity index is 1250. The van der Waals surface area contributed by atoms with Gasteiger partial charge in [0.05, 0.1) is 22.8 Å². The SMILES string of the molecule is Cc1ccnc(C)c1NC(=O)CCc1cccc(C2CCCC(c3ncnc4c3C=CCC4)CCC2)c1. The van der Waals surface area contributed by atoms with Crippen LogP contribution in [0.25, 0.3) is 6.08 Å². The molecule has 2 heterocycles. The standard InChI is InChI=1S/C32H38N4O/c1-22-18-19-33-23(2)31(22)36-30(37)17-16-24-8-5-13-27(20-24)25-9-6-11-26(12-7-10-25)32-28-14-3-4-15-29(28)34-21-35-32/h3,5,8,13-14,18-21,25-26H,4,6-7,9-12,15-17H2,1-2H3,(H,36,37). The molecule has 1 amide bonds. The van der Waals surface area contributed by atoms with Crippen molar-refractivity contribution in [2.45, 2.75) is 89.9 Å². The average Bonchev–Trinajstić information content (AvgIpc) is 2.90. The van der Waals surface area contributed by atoms with Crippen LogP contribution in [0.3, 0.4) is 0 Å². The molecular formula is C32H38N4O. The van der Waals surface area contributed by atoms with Gasteiger partial charge in [-0.3, -0.25) is 9.78 Å². The van der Waals surface area contributed by atoms with Gasteiger partial charge in [-0.05, 0) is 87.5 Å². The Morgan fingerprint density at radius 3 is 2.62 bits per heavy atom. The second kappa shape index (κ2) is 11.8. The molecule has 5 heteroatoms. The summed E-state index contributed by atoms with van der Waals surface area (Å²) in [5.74, 6) is 1.18. The Labute approximate surface area is 220 Å². The summed E-state index contributed by atoms with van der Waals surface area (Å²) in [6.07, 6.45) is 18.7. The van der Waals surface area contributed by atoms with Gasteiger partial charge in [0.2, 0.25) is 5.91 Å². The second-order valence-electron chi connectivity index (χ2n) is 10.7. The summed E-state index contributed by atoms with van der Waals surface area (Å²) in [6, 6.07) is 10.9. The minimum atomic E-state index is 0.0448. The lowest BCUT2D eigenvalue weighted by molar-refractivity contribution is -0.116. The zero-order valence-electron chi connectivity index (χ0n) is 22.2. The summed E-state index contributed by atoms with van der Waals surface area (Å²) in [4.78, 5) is 26.2. The minimum Gasteiger partial charge on any atom is -0.324 e. The number of rotatable bonds is 6. The fourth-order valence-electron chi connectivity index (χ4n) is 6.04. The maximum Gasteiger partial charge on any atom is 0.224 e. The van der Waals surface area contributed by atoms with Crippen molar-refractivity contribution in [2.24, 2.45) is 0 Å². The van der Waals surface area contributed by atoms with Crippen molar-refractivity contribution in [3.05, 3.63) is 88.3 Å². The second-order valence-corrected chi connectivity index (χ2v) is 10.7. The van der Waals surface area contributed by atoms with Gasteiger partial charge in [-0.2, -0.15) is 0 Å². The normalized spacial score (nSPS) is 19.5. The third kappa shape index (κ3) is 6.15. The van der Waals surface area contributed by atoms with E-state index >= 15 is 0 Å². The summed E-state index contributed by atoms with van der Waals surface area (Å²) >= 11 is 0. The van der Waals surface area contributed by atoms with Crippen molar-refractivity contribution in [3.63, 3.8) is 0 Å². The van der Waals surface area contributed by atoms with Crippen LogP contribution in [-0.2, 0) is 17.6 Å². The fraction of sp³-hybridized carbons (Fsp3) is 0.438. The topological polar surface area (TPSA) is 67.8 Å². The number of fused-ring (bicyclic) bond motifs is 1. The van der Waals surface area contributed by atoms with Crippen LogP contribution < -0.4 is 5.32 Å². The van der Waals surface area contributed by atoms with E-state index in [0.717, 1.165) is 36.2 Å². The van der Waals surface area contributed by atoms with Crippen LogP contribution in [0.5, 0.6) is 0 Å². The molecular weight excluding hydrogens is 456 g/mol. The van der Waals surface area contributed by atoms with Crippen molar-refractivity contribution in [2.75, 3.05) is 5.32 Å². The van der Waals surface area contributed by atoms with Gasteiger partial charge in [0, 0.05) is 24.1 Å². The lowest BCUT2D eigenvalue weighted by Crippen LogP contribution is -2.15. The van der Waals surface area contributed by atoms with Gasteiger partial charge >= 0.3 is 0 Å². The smallest absolute Gasteiger partial charge is 0.224 e. The molecule has 0 atom stereocenters. The molecule has 1 saturated carbocycles.